The van der Waals surface area contributed by atoms with Gasteiger partial charge in [0.15, 0.2) is 5.82 Å². The van der Waals surface area contributed by atoms with Crippen LogP contribution in [0.1, 0.15) is 58.2 Å². The van der Waals surface area contributed by atoms with E-state index in [0.29, 0.717) is 44.1 Å². The van der Waals surface area contributed by atoms with E-state index >= 15 is 0 Å². The minimum Gasteiger partial charge on any atom is -0.466 e. The molecule has 1 aliphatic rings. The van der Waals surface area contributed by atoms with Crippen LogP contribution in [0.25, 0.3) is 21.9 Å². The van der Waals surface area contributed by atoms with Crippen molar-refractivity contribution in [2.75, 3.05) is 18.9 Å². The number of esters is 1. The van der Waals surface area contributed by atoms with Gasteiger partial charge in [-0.05, 0) is 38.2 Å². The Morgan fingerprint density at radius 3 is 2.65 bits per heavy atom. The Kier molecular flexibility index (Phi) is 6.41. The van der Waals surface area contributed by atoms with Crippen LogP contribution in [0.4, 0.5) is 5.82 Å². The van der Waals surface area contributed by atoms with Crippen molar-refractivity contribution in [1.82, 2.24) is 14.5 Å². The van der Waals surface area contributed by atoms with Gasteiger partial charge in [-0.3, -0.25) is 4.79 Å². The molecule has 1 aliphatic carbocycles. The number of pyridine rings is 1. The number of aromatic nitrogens is 3. The molecule has 1 saturated carbocycles. The van der Waals surface area contributed by atoms with E-state index in [0.717, 1.165) is 47.9 Å². The predicted octanol–water partition coefficient (Wildman–Crippen LogP) is 4.61. The van der Waals surface area contributed by atoms with Gasteiger partial charge in [0, 0.05) is 18.5 Å². The first-order chi connectivity index (χ1) is 15.1. The van der Waals surface area contributed by atoms with Crippen LogP contribution < -0.4 is 5.73 Å². The van der Waals surface area contributed by atoms with Crippen molar-refractivity contribution in [2.45, 2.75) is 65.5 Å². The summed E-state index contributed by atoms with van der Waals surface area (Å²) in [6.07, 6.45) is 5.87. The van der Waals surface area contributed by atoms with E-state index in [1.807, 2.05) is 32.0 Å². The number of ether oxygens (including phenoxy) is 2. The highest BCUT2D eigenvalue weighted by atomic mass is 16.5. The number of hydrogen-bond acceptors (Lipinski definition) is 6. The monoisotopic (exact) mass is 424 g/mol. The van der Waals surface area contributed by atoms with Crippen LogP contribution >= 0.6 is 0 Å². The first kappa shape index (κ1) is 21.6. The van der Waals surface area contributed by atoms with Crippen LogP contribution in [0.15, 0.2) is 24.3 Å². The summed E-state index contributed by atoms with van der Waals surface area (Å²) in [6, 6.07) is 8.01. The number of imidazole rings is 1. The van der Waals surface area contributed by atoms with Crippen LogP contribution in [0, 0.1) is 5.41 Å². The summed E-state index contributed by atoms with van der Waals surface area (Å²) >= 11 is 0. The molecule has 4 rings (SSSR count). The van der Waals surface area contributed by atoms with Crippen LogP contribution in [0.5, 0.6) is 0 Å². The zero-order chi connectivity index (χ0) is 21.8. The fourth-order valence-corrected chi connectivity index (χ4v) is 4.92. The Hall–Kier alpha value is -2.67. The molecule has 0 bridgehead atoms. The van der Waals surface area contributed by atoms with Crippen molar-refractivity contribution in [3.05, 3.63) is 30.1 Å². The van der Waals surface area contributed by atoms with Gasteiger partial charge in [-0.25, -0.2) is 9.97 Å². The number of para-hydroxylation sites is 1. The molecule has 0 saturated heterocycles. The summed E-state index contributed by atoms with van der Waals surface area (Å²) in [6.45, 7) is 5.93. The Bertz CT molecular complexity index is 1070. The van der Waals surface area contributed by atoms with Gasteiger partial charge < -0.3 is 19.8 Å². The summed E-state index contributed by atoms with van der Waals surface area (Å²) in [7, 11) is 0. The third-order valence-corrected chi connectivity index (χ3v) is 6.36. The lowest BCUT2D eigenvalue weighted by molar-refractivity contribution is -0.146. The fraction of sp³-hybridized carbons (Fsp3) is 0.542. The maximum Gasteiger partial charge on any atom is 0.306 e. The molecule has 1 fully saturated rings. The molecule has 0 unspecified atom stereocenters. The highest BCUT2D eigenvalue weighted by Crippen LogP contribution is 2.43. The van der Waals surface area contributed by atoms with Crippen LogP contribution in [-0.2, 0) is 27.4 Å². The van der Waals surface area contributed by atoms with Crippen molar-refractivity contribution in [3.63, 3.8) is 0 Å². The van der Waals surface area contributed by atoms with E-state index in [-0.39, 0.29) is 11.4 Å². The second-order valence-electron chi connectivity index (χ2n) is 8.51. The SMILES string of the molecule is CCOCc1nc2c(N)nc3ccccc3c2n1CC1(CC(=O)OCC)CCCCC1. The molecule has 0 radical (unpaired) electrons. The molecule has 0 spiro atoms. The molecular formula is C24H32N4O3. The van der Waals surface area contributed by atoms with E-state index < -0.39 is 0 Å². The lowest BCUT2D eigenvalue weighted by Gasteiger charge is -2.37. The maximum absolute atomic E-state index is 12.5. The lowest BCUT2D eigenvalue weighted by atomic mass is 9.71. The number of carbonyl (C=O) groups is 1. The highest BCUT2D eigenvalue weighted by molar-refractivity contribution is 6.06. The van der Waals surface area contributed by atoms with E-state index in [1.54, 1.807) is 0 Å². The first-order valence-corrected chi connectivity index (χ1v) is 11.3. The largest absolute Gasteiger partial charge is 0.466 e. The molecule has 7 nitrogen and oxygen atoms in total. The summed E-state index contributed by atoms with van der Waals surface area (Å²) in [5.41, 5.74) is 8.69. The molecule has 2 aromatic heterocycles. The number of benzene rings is 1. The summed E-state index contributed by atoms with van der Waals surface area (Å²) in [5, 5.41) is 1.02. The molecule has 2 heterocycles. The molecule has 31 heavy (non-hydrogen) atoms. The second kappa shape index (κ2) is 9.22. The standard InChI is InChI=1S/C24H32N4O3/c1-3-30-15-19-27-21-22(17-10-6-7-11-18(17)26-23(21)25)28(19)16-24(12-8-5-9-13-24)14-20(29)31-4-2/h6-7,10-11H,3-5,8-9,12-16H2,1-2H3,(H2,25,26). The van der Waals surface area contributed by atoms with Gasteiger partial charge in [0.25, 0.3) is 0 Å². The van der Waals surface area contributed by atoms with E-state index in [1.165, 1.54) is 6.42 Å². The van der Waals surface area contributed by atoms with Crippen molar-refractivity contribution in [2.24, 2.45) is 5.41 Å². The minimum absolute atomic E-state index is 0.119. The molecule has 1 aromatic carbocycles. The van der Waals surface area contributed by atoms with Gasteiger partial charge in [0.2, 0.25) is 0 Å². The average Bonchev–Trinajstić information content (AvgIpc) is 3.12. The van der Waals surface area contributed by atoms with Gasteiger partial charge in [-0.2, -0.15) is 0 Å². The van der Waals surface area contributed by atoms with E-state index in [2.05, 4.69) is 15.6 Å². The van der Waals surface area contributed by atoms with Gasteiger partial charge >= 0.3 is 5.97 Å². The molecular weight excluding hydrogens is 392 g/mol. The zero-order valence-corrected chi connectivity index (χ0v) is 18.5. The highest BCUT2D eigenvalue weighted by Gasteiger charge is 2.37. The van der Waals surface area contributed by atoms with Crippen molar-refractivity contribution in [3.8, 4) is 0 Å². The third-order valence-electron chi connectivity index (χ3n) is 6.36. The quantitative estimate of drug-likeness (QED) is 0.531. The zero-order valence-electron chi connectivity index (χ0n) is 18.5. The van der Waals surface area contributed by atoms with Crippen molar-refractivity contribution in [1.29, 1.82) is 0 Å². The molecule has 7 heteroatoms. The van der Waals surface area contributed by atoms with Gasteiger partial charge in [0.05, 0.1) is 24.1 Å². The molecule has 0 amide bonds. The lowest BCUT2D eigenvalue weighted by Crippen LogP contribution is -2.33. The number of fused-ring (bicyclic) bond motifs is 3. The number of nitrogens with two attached hydrogens (primary N) is 1. The third kappa shape index (κ3) is 4.37. The minimum atomic E-state index is -0.155. The van der Waals surface area contributed by atoms with Crippen LogP contribution in [0.3, 0.4) is 0 Å². The Morgan fingerprint density at radius 2 is 1.90 bits per heavy atom. The smallest absolute Gasteiger partial charge is 0.306 e. The number of hydrogen-bond donors (Lipinski definition) is 1. The molecule has 2 N–H and O–H groups in total. The normalized spacial score (nSPS) is 16.1. The number of nitrogens with zero attached hydrogens (tertiary/aromatic N) is 3. The Labute approximate surface area is 182 Å². The topological polar surface area (TPSA) is 92.3 Å². The van der Waals surface area contributed by atoms with Crippen LogP contribution in [0.2, 0.25) is 0 Å². The molecule has 166 valence electrons. The summed E-state index contributed by atoms with van der Waals surface area (Å²) < 4.78 is 13.3. The number of anilines is 1. The van der Waals surface area contributed by atoms with Crippen LogP contribution in [-0.4, -0.2) is 33.7 Å². The first-order valence-electron chi connectivity index (χ1n) is 11.3. The van der Waals surface area contributed by atoms with Gasteiger partial charge in [-0.1, -0.05) is 37.5 Å². The second-order valence-corrected chi connectivity index (χ2v) is 8.51. The van der Waals surface area contributed by atoms with Crippen molar-refractivity contribution < 1.29 is 14.3 Å². The molecule has 3 aromatic rings. The van der Waals surface area contributed by atoms with E-state index in [4.69, 9.17) is 20.2 Å². The molecule has 0 atom stereocenters. The fourth-order valence-electron chi connectivity index (χ4n) is 4.92. The Morgan fingerprint density at radius 1 is 1.13 bits per heavy atom. The van der Waals surface area contributed by atoms with Gasteiger partial charge in [-0.15, -0.1) is 0 Å². The number of nitrogen functional groups attached to an aromatic ring is 1. The van der Waals surface area contributed by atoms with E-state index in [9.17, 15) is 4.79 Å². The Balaban J connectivity index is 1.86. The summed E-state index contributed by atoms with van der Waals surface area (Å²) in [5.74, 6) is 1.13. The van der Waals surface area contributed by atoms with Gasteiger partial charge in [0.1, 0.15) is 17.9 Å². The number of rotatable bonds is 8. The van der Waals surface area contributed by atoms with Crippen molar-refractivity contribution >= 4 is 33.7 Å². The predicted molar refractivity (Wildman–Crippen MR) is 122 cm³/mol. The number of carbonyl (C=O) groups excluding carboxylic acids is 1. The molecule has 0 aliphatic heterocycles. The average molecular weight is 425 g/mol. The summed E-state index contributed by atoms with van der Waals surface area (Å²) in [4.78, 5) is 21.9. The maximum atomic E-state index is 12.5.